The molecular weight excluding hydrogens is 232 g/mol. The Kier molecular flexibility index (Phi) is 3.57. The maximum atomic E-state index is 12.8. The molecule has 0 spiro atoms. The molecule has 0 aliphatic rings. The number of aryl methyl sites for hydroxylation is 2. The van der Waals surface area contributed by atoms with Gasteiger partial charge in [-0.1, -0.05) is 48.5 Å². The van der Waals surface area contributed by atoms with E-state index in [1.165, 1.54) is 11.1 Å². The molecule has 1 heteroatoms. The van der Waals surface area contributed by atoms with Crippen molar-refractivity contribution in [3.05, 3.63) is 70.8 Å². The molecule has 0 fully saturated rings. The van der Waals surface area contributed by atoms with Crippen LogP contribution in [0, 0.1) is 13.8 Å². The number of benzene rings is 2. The summed E-state index contributed by atoms with van der Waals surface area (Å²) >= 11 is 0. The van der Waals surface area contributed by atoms with Crippen LogP contribution in [-0.2, 0) is 5.41 Å². The molecule has 2 rings (SSSR count). The van der Waals surface area contributed by atoms with E-state index in [2.05, 4.69) is 26.0 Å². The fraction of sp³-hybridized carbons (Fsp3) is 0.278. The van der Waals surface area contributed by atoms with Crippen molar-refractivity contribution in [3.8, 4) is 0 Å². The molecule has 0 radical (unpaired) electrons. The minimum absolute atomic E-state index is 0.172. The third-order valence-corrected chi connectivity index (χ3v) is 3.71. The quantitative estimate of drug-likeness (QED) is 0.737. The fourth-order valence-corrected chi connectivity index (χ4v) is 2.86. The predicted molar refractivity (Wildman–Crippen MR) is 79.7 cm³/mol. The van der Waals surface area contributed by atoms with E-state index in [1.807, 2.05) is 50.2 Å². The first-order valence-electron chi connectivity index (χ1n) is 6.61. The van der Waals surface area contributed by atoms with Crippen LogP contribution in [0.15, 0.2) is 48.5 Å². The fourth-order valence-electron chi connectivity index (χ4n) is 2.86. The minimum atomic E-state index is -0.503. The van der Waals surface area contributed by atoms with Gasteiger partial charge in [-0.25, -0.2) is 0 Å². The minimum Gasteiger partial charge on any atom is -0.293 e. The Bertz CT molecular complexity index is 574. The summed E-state index contributed by atoms with van der Waals surface area (Å²) in [6.45, 7) is 8.17. The molecule has 1 nitrogen and oxygen atoms in total. The van der Waals surface area contributed by atoms with Gasteiger partial charge >= 0.3 is 0 Å². The summed E-state index contributed by atoms with van der Waals surface area (Å²) in [6.07, 6.45) is 0. The summed E-state index contributed by atoms with van der Waals surface area (Å²) in [6, 6.07) is 15.7. The average Bonchev–Trinajstić information content (AvgIpc) is 2.38. The van der Waals surface area contributed by atoms with E-state index in [-0.39, 0.29) is 5.78 Å². The van der Waals surface area contributed by atoms with Gasteiger partial charge < -0.3 is 0 Å². The topological polar surface area (TPSA) is 17.1 Å². The molecule has 0 unspecified atom stereocenters. The van der Waals surface area contributed by atoms with Gasteiger partial charge in [-0.2, -0.15) is 0 Å². The van der Waals surface area contributed by atoms with Crippen molar-refractivity contribution in [1.29, 1.82) is 0 Å². The van der Waals surface area contributed by atoms with Crippen LogP contribution in [0.1, 0.15) is 40.9 Å². The van der Waals surface area contributed by atoms with Gasteiger partial charge in [0.2, 0.25) is 0 Å². The lowest BCUT2D eigenvalue weighted by atomic mass is 9.74. The standard InChI is InChI=1S/C18H20O/c1-13-9-8-10-14(2)16(13)18(3,4)17(19)15-11-6-5-7-12-15/h5-12H,1-4H3. The van der Waals surface area contributed by atoms with E-state index in [9.17, 15) is 4.79 Å². The summed E-state index contributed by atoms with van der Waals surface area (Å²) in [4.78, 5) is 12.8. The lowest BCUT2D eigenvalue weighted by Crippen LogP contribution is -2.31. The Morgan fingerprint density at radius 2 is 1.37 bits per heavy atom. The second-order valence-electron chi connectivity index (χ2n) is 5.59. The van der Waals surface area contributed by atoms with E-state index in [1.54, 1.807) is 0 Å². The van der Waals surface area contributed by atoms with E-state index < -0.39 is 5.41 Å². The molecule has 0 bridgehead atoms. The van der Waals surface area contributed by atoms with E-state index in [4.69, 9.17) is 0 Å². The van der Waals surface area contributed by atoms with E-state index in [0.717, 1.165) is 11.1 Å². The van der Waals surface area contributed by atoms with Gasteiger partial charge in [-0.05, 0) is 44.4 Å². The van der Waals surface area contributed by atoms with Crippen molar-refractivity contribution in [2.45, 2.75) is 33.1 Å². The number of hydrogen-bond donors (Lipinski definition) is 0. The molecule has 0 heterocycles. The number of carbonyl (C=O) groups is 1. The van der Waals surface area contributed by atoms with Crippen molar-refractivity contribution in [2.75, 3.05) is 0 Å². The maximum absolute atomic E-state index is 12.8. The van der Waals surface area contributed by atoms with Crippen LogP contribution in [0.3, 0.4) is 0 Å². The number of carbonyl (C=O) groups excluding carboxylic acids is 1. The average molecular weight is 252 g/mol. The first-order valence-corrected chi connectivity index (χ1v) is 6.61. The van der Waals surface area contributed by atoms with Crippen molar-refractivity contribution >= 4 is 5.78 Å². The first-order chi connectivity index (χ1) is 8.94. The molecule has 0 aromatic heterocycles. The molecule has 0 saturated heterocycles. The summed E-state index contributed by atoms with van der Waals surface area (Å²) in [5.74, 6) is 0.172. The molecule has 0 saturated carbocycles. The summed E-state index contributed by atoms with van der Waals surface area (Å²) in [5.41, 5.74) is 3.76. The number of hydrogen-bond acceptors (Lipinski definition) is 1. The maximum Gasteiger partial charge on any atom is 0.172 e. The lowest BCUT2D eigenvalue weighted by Gasteiger charge is -2.27. The van der Waals surface area contributed by atoms with Crippen LogP contribution < -0.4 is 0 Å². The molecule has 0 atom stereocenters. The van der Waals surface area contributed by atoms with Gasteiger partial charge in [-0.15, -0.1) is 0 Å². The first kappa shape index (κ1) is 13.5. The Hall–Kier alpha value is -1.89. The second kappa shape index (κ2) is 5.00. The number of rotatable bonds is 3. The Morgan fingerprint density at radius 1 is 0.842 bits per heavy atom. The smallest absolute Gasteiger partial charge is 0.172 e. The van der Waals surface area contributed by atoms with E-state index in [0.29, 0.717) is 0 Å². The van der Waals surface area contributed by atoms with Crippen molar-refractivity contribution < 1.29 is 4.79 Å². The second-order valence-corrected chi connectivity index (χ2v) is 5.59. The van der Waals surface area contributed by atoms with Gasteiger partial charge in [0, 0.05) is 5.56 Å². The monoisotopic (exact) mass is 252 g/mol. The Labute approximate surface area is 115 Å². The molecule has 2 aromatic rings. The van der Waals surface area contributed by atoms with Crippen LogP contribution >= 0.6 is 0 Å². The zero-order valence-corrected chi connectivity index (χ0v) is 12.0. The molecule has 0 aliphatic carbocycles. The van der Waals surface area contributed by atoms with Crippen LogP contribution in [-0.4, -0.2) is 5.78 Å². The molecular formula is C18H20O. The molecule has 0 amide bonds. The molecule has 2 aromatic carbocycles. The molecule has 19 heavy (non-hydrogen) atoms. The molecule has 0 N–H and O–H groups in total. The van der Waals surface area contributed by atoms with Crippen LogP contribution in [0.4, 0.5) is 0 Å². The van der Waals surface area contributed by atoms with E-state index >= 15 is 0 Å². The molecule has 98 valence electrons. The van der Waals surface area contributed by atoms with Crippen molar-refractivity contribution in [1.82, 2.24) is 0 Å². The molecule has 0 aliphatic heterocycles. The van der Waals surface area contributed by atoms with Crippen LogP contribution in [0.25, 0.3) is 0 Å². The van der Waals surface area contributed by atoms with Crippen molar-refractivity contribution in [3.63, 3.8) is 0 Å². The van der Waals surface area contributed by atoms with Gasteiger partial charge in [-0.3, -0.25) is 4.79 Å². The van der Waals surface area contributed by atoms with Crippen LogP contribution in [0.2, 0.25) is 0 Å². The predicted octanol–water partition coefficient (Wildman–Crippen LogP) is 4.46. The number of ketones is 1. The highest BCUT2D eigenvalue weighted by Gasteiger charge is 2.32. The highest BCUT2D eigenvalue weighted by molar-refractivity contribution is 6.03. The SMILES string of the molecule is Cc1cccc(C)c1C(C)(C)C(=O)c1ccccc1. The number of Topliss-reactive ketones (excluding diaryl/α,β-unsaturated/α-hetero) is 1. The van der Waals surface area contributed by atoms with Crippen molar-refractivity contribution in [2.24, 2.45) is 0 Å². The Balaban J connectivity index is 2.51. The highest BCUT2D eigenvalue weighted by atomic mass is 16.1. The normalized spacial score (nSPS) is 11.4. The zero-order valence-electron chi connectivity index (χ0n) is 12.0. The third-order valence-electron chi connectivity index (χ3n) is 3.71. The third kappa shape index (κ3) is 2.46. The van der Waals surface area contributed by atoms with Gasteiger partial charge in [0.1, 0.15) is 0 Å². The highest BCUT2D eigenvalue weighted by Crippen LogP contribution is 2.32. The van der Waals surface area contributed by atoms with Gasteiger partial charge in [0.15, 0.2) is 5.78 Å². The summed E-state index contributed by atoms with van der Waals surface area (Å²) in [7, 11) is 0. The zero-order chi connectivity index (χ0) is 14.0. The Morgan fingerprint density at radius 3 is 1.89 bits per heavy atom. The van der Waals surface area contributed by atoms with Crippen LogP contribution in [0.5, 0.6) is 0 Å². The summed E-state index contributed by atoms with van der Waals surface area (Å²) < 4.78 is 0. The largest absolute Gasteiger partial charge is 0.293 e. The van der Waals surface area contributed by atoms with Gasteiger partial charge in [0.05, 0.1) is 5.41 Å². The summed E-state index contributed by atoms with van der Waals surface area (Å²) in [5, 5.41) is 0. The lowest BCUT2D eigenvalue weighted by molar-refractivity contribution is 0.0907. The van der Waals surface area contributed by atoms with Gasteiger partial charge in [0.25, 0.3) is 0 Å².